The molecule has 1 aliphatic rings. The van der Waals surface area contributed by atoms with Crippen molar-refractivity contribution in [1.82, 2.24) is 9.55 Å². The smallest absolute Gasteiger partial charge is 0.328 e. The minimum absolute atomic E-state index is 0.447. The van der Waals surface area contributed by atoms with E-state index >= 15 is 0 Å². The van der Waals surface area contributed by atoms with Crippen molar-refractivity contribution < 1.29 is 13.9 Å². The van der Waals surface area contributed by atoms with E-state index in [1.165, 1.54) is 6.92 Å². The number of hydrogen-bond donors (Lipinski definition) is 2. The van der Waals surface area contributed by atoms with Gasteiger partial charge in [0.25, 0.3) is 5.56 Å². The minimum Gasteiger partial charge on any atom is -0.393 e. The zero-order valence-corrected chi connectivity index (χ0v) is 10.8. The van der Waals surface area contributed by atoms with Crippen LogP contribution in [0.1, 0.15) is 19.4 Å². The number of H-pyrrole nitrogens is 1. The van der Waals surface area contributed by atoms with E-state index in [9.17, 15) is 18.4 Å². The predicted molar refractivity (Wildman–Crippen MR) is 67.7 cm³/mol. The Hall–Kier alpha value is -1.94. The maximum atomic E-state index is 14.9. The molecule has 20 heavy (non-hydrogen) atoms. The molecule has 4 atom stereocenters. The molecule has 0 spiro atoms. The second-order valence-corrected chi connectivity index (χ2v) is 5.06. The molecule has 7 heteroatoms. The van der Waals surface area contributed by atoms with Gasteiger partial charge in [0, 0.05) is 24.6 Å². The van der Waals surface area contributed by atoms with Crippen LogP contribution >= 0.6 is 0 Å². The van der Waals surface area contributed by atoms with E-state index in [1.54, 1.807) is 0 Å². The number of nitrogens with one attached hydrogen (secondary N) is 1. The van der Waals surface area contributed by atoms with Crippen molar-refractivity contribution in [3.63, 3.8) is 0 Å². The molecule has 2 N–H and O–H groups in total. The largest absolute Gasteiger partial charge is 0.393 e. The fourth-order valence-electron chi connectivity index (χ4n) is 2.71. The van der Waals surface area contributed by atoms with Crippen molar-refractivity contribution >= 4 is 0 Å². The molecule has 0 aromatic carbocycles. The Bertz CT molecular complexity index is 677. The van der Waals surface area contributed by atoms with Gasteiger partial charge in [-0.25, -0.2) is 13.6 Å². The van der Waals surface area contributed by atoms with Gasteiger partial charge in [-0.3, -0.25) is 14.3 Å². The van der Waals surface area contributed by atoms with Gasteiger partial charge in [-0.2, -0.15) is 0 Å². The van der Waals surface area contributed by atoms with Crippen LogP contribution in [0.2, 0.25) is 0 Å². The fourth-order valence-corrected chi connectivity index (χ4v) is 2.71. The lowest BCUT2D eigenvalue weighted by Crippen LogP contribution is -2.42. The van der Waals surface area contributed by atoms with Gasteiger partial charge in [-0.05, 0) is 0 Å². The molecule has 2 rings (SSSR count). The number of aliphatic hydroxyl groups excluding tert-OH is 1. The van der Waals surface area contributed by atoms with Gasteiger partial charge in [-0.15, -0.1) is 6.42 Å². The maximum Gasteiger partial charge on any atom is 0.328 e. The first-order valence-electron chi connectivity index (χ1n) is 6.06. The number of aromatic amines is 1. The molecule has 1 saturated carbocycles. The molecule has 0 radical (unpaired) electrons. The Morgan fingerprint density at radius 3 is 2.75 bits per heavy atom. The SMILES string of the molecule is C#C[C@@]1(F)[C@H](C)[C@@](F)(CO)C[C@H]1n1ccc(=O)[nH]c1=O. The molecular formula is C13H14F2N2O3. The van der Waals surface area contributed by atoms with E-state index in [0.29, 0.717) is 0 Å². The number of rotatable bonds is 2. The first kappa shape index (κ1) is 14.5. The lowest BCUT2D eigenvalue weighted by atomic mass is 9.87. The number of halogens is 2. The zero-order chi connectivity index (χ0) is 15.1. The number of aromatic nitrogens is 2. The highest BCUT2D eigenvalue weighted by atomic mass is 19.2. The third kappa shape index (κ3) is 1.88. The summed E-state index contributed by atoms with van der Waals surface area (Å²) < 4.78 is 30.3. The molecule has 1 aromatic rings. The zero-order valence-electron chi connectivity index (χ0n) is 10.8. The molecule has 0 amide bonds. The van der Waals surface area contributed by atoms with Crippen LogP contribution in [0.3, 0.4) is 0 Å². The summed E-state index contributed by atoms with van der Waals surface area (Å²) in [6.45, 7) is 0.364. The molecule has 1 heterocycles. The monoisotopic (exact) mass is 284 g/mol. The average molecular weight is 284 g/mol. The van der Waals surface area contributed by atoms with E-state index in [1.807, 2.05) is 10.9 Å². The number of hydrogen-bond acceptors (Lipinski definition) is 3. The van der Waals surface area contributed by atoms with Gasteiger partial charge in [0.15, 0.2) is 5.67 Å². The maximum absolute atomic E-state index is 14.9. The summed E-state index contributed by atoms with van der Waals surface area (Å²) in [5, 5.41) is 9.15. The Morgan fingerprint density at radius 1 is 1.60 bits per heavy atom. The Morgan fingerprint density at radius 2 is 2.25 bits per heavy atom. The second-order valence-electron chi connectivity index (χ2n) is 5.06. The van der Waals surface area contributed by atoms with Crippen LogP contribution in [0, 0.1) is 18.3 Å². The van der Waals surface area contributed by atoms with Crippen molar-refractivity contribution in [2.24, 2.45) is 5.92 Å². The summed E-state index contributed by atoms with van der Waals surface area (Å²) in [7, 11) is 0. The number of terminal acetylenes is 1. The summed E-state index contributed by atoms with van der Waals surface area (Å²) in [6, 6.07) is -0.260. The molecule has 1 aliphatic carbocycles. The van der Waals surface area contributed by atoms with E-state index in [4.69, 9.17) is 11.5 Å². The highest BCUT2D eigenvalue weighted by molar-refractivity contribution is 5.24. The van der Waals surface area contributed by atoms with Gasteiger partial charge >= 0.3 is 5.69 Å². The van der Waals surface area contributed by atoms with E-state index < -0.39 is 47.6 Å². The Balaban J connectivity index is 2.59. The van der Waals surface area contributed by atoms with Crippen LogP contribution in [0.4, 0.5) is 8.78 Å². The summed E-state index contributed by atoms with van der Waals surface area (Å²) in [4.78, 5) is 24.7. The predicted octanol–water partition coefficient (Wildman–Crippen LogP) is 0.160. The second kappa shape index (κ2) is 4.56. The molecule has 0 bridgehead atoms. The van der Waals surface area contributed by atoms with Gasteiger partial charge in [-0.1, -0.05) is 12.8 Å². The topological polar surface area (TPSA) is 75.1 Å². The summed E-state index contributed by atoms with van der Waals surface area (Å²) in [5.41, 5.74) is -6.16. The molecule has 1 fully saturated rings. The van der Waals surface area contributed by atoms with Crippen LogP contribution in [0.15, 0.2) is 21.9 Å². The van der Waals surface area contributed by atoms with Crippen molar-refractivity contribution in [3.05, 3.63) is 33.1 Å². The lowest BCUT2D eigenvalue weighted by Gasteiger charge is -2.28. The van der Waals surface area contributed by atoms with E-state index in [0.717, 1.165) is 16.8 Å². The van der Waals surface area contributed by atoms with Crippen LogP contribution < -0.4 is 11.2 Å². The molecule has 0 saturated heterocycles. The van der Waals surface area contributed by atoms with Crippen LogP contribution in [0.5, 0.6) is 0 Å². The van der Waals surface area contributed by atoms with Crippen LogP contribution in [-0.4, -0.2) is 32.6 Å². The first-order chi connectivity index (χ1) is 9.28. The quantitative estimate of drug-likeness (QED) is 0.760. The molecule has 108 valence electrons. The fraction of sp³-hybridized carbons (Fsp3) is 0.538. The minimum atomic E-state index is -2.43. The summed E-state index contributed by atoms with van der Waals surface area (Å²) >= 11 is 0. The number of nitrogens with zero attached hydrogens (tertiary/aromatic N) is 1. The highest BCUT2D eigenvalue weighted by Crippen LogP contribution is 2.53. The van der Waals surface area contributed by atoms with Gasteiger partial charge in [0.2, 0.25) is 0 Å². The van der Waals surface area contributed by atoms with Crippen molar-refractivity contribution in [3.8, 4) is 12.3 Å². The third-order valence-corrected chi connectivity index (χ3v) is 4.09. The normalized spacial score (nSPS) is 36.8. The Labute approximate surface area is 113 Å². The molecule has 5 nitrogen and oxygen atoms in total. The summed E-state index contributed by atoms with van der Waals surface area (Å²) in [5.74, 6) is 0.617. The number of aliphatic hydroxyl groups is 1. The van der Waals surface area contributed by atoms with Crippen molar-refractivity contribution in [1.29, 1.82) is 0 Å². The summed E-state index contributed by atoms with van der Waals surface area (Å²) in [6.07, 6.45) is 5.81. The van der Waals surface area contributed by atoms with Gasteiger partial charge < -0.3 is 5.11 Å². The van der Waals surface area contributed by atoms with Crippen molar-refractivity contribution in [2.45, 2.75) is 30.7 Å². The van der Waals surface area contributed by atoms with E-state index in [2.05, 4.69) is 0 Å². The number of alkyl halides is 2. The standard InChI is InChI=1S/C13H14F2N2O3/c1-3-13(15)8(2)12(14,7-18)6-9(13)17-5-4-10(19)16-11(17)20/h1,4-5,8-9,18H,6-7H2,2H3,(H,16,19,20)/t8-,9-,12+,13-/m1/s1. The van der Waals surface area contributed by atoms with Crippen LogP contribution in [0.25, 0.3) is 0 Å². The van der Waals surface area contributed by atoms with Crippen molar-refractivity contribution in [2.75, 3.05) is 6.61 Å². The van der Waals surface area contributed by atoms with Gasteiger partial charge in [0.05, 0.1) is 12.6 Å². The first-order valence-corrected chi connectivity index (χ1v) is 6.06. The van der Waals surface area contributed by atoms with E-state index in [-0.39, 0.29) is 0 Å². The lowest BCUT2D eigenvalue weighted by molar-refractivity contribution is 0.0143. The third-order valence-electron chi connectivity index (χ3n) is 4.09. The van der Waals surface area contributed by atoms with Gasteiger partial charge in [0.1, 0.15) is 5.67 Å². The molecule has 0 unspecified atom stereocenters. The van der Waals surface area contributed by atoms with Crippen LogP contribution in [-0.2, 0) is 0 Å². The molecular weight excluding hydrogens is 270 g/mol. The average Bonchev–Trinajstić information content (AvgIpc) is 2.62. The molecule has 1 aromatic heterocycles. The Kier molecular flexibility index (Phi) is 3.30. The molecule has 0 aliphatic heterocycles. The highest BCUT2D eigenvalue weighted by Gasteiger charge is 2.62.